The number of fused-ring (bicyclic) bond motifs is 1. The van der Waals surface area contributed by atoms with Crippen LogP contribution in [-0.4, -0.2) is 83.2 Å². The molecule has 4 aliphatic rings. The minimum absolute atomic E-state index is 0.0833. The minimum atomic E-state index is -0.686. The summed E-state index contributed by atoms with van der Waals surface area (Å²) in [4.78, 5) is 56.3. The van der Waals surface area contributed by atoms with E-state index in [0.717, 1.165) is 30.5 Å². The third-order valence-electron chi connectivity index (χ3n) is 9.53. The topological polar surface area (TPSA) is 147 Å². The lowest BCUT2D eigenvalue weighted by atomic mass is 9.74. The number of amides is 4. The second-order valence-corrected chi connectivity index (χ2v) is 11.9. The van der Waals surface area contributed by atoms with Gasteiger partial charge in [0.2, 0.25) is 17.7 Å². The molecule has 3 fully saturated rings. The summed E-state index contributed by atoms with van der Waals surface area (Å²) >= 11 is 0. The van der Waals surface area contributed by atoms with E-state index in [2.05, 4.69) is 22.4 Å². The third kappa shape index (κ3) is 5.40. The van der Waals surface area contributed by atoms with Crippen LogP contribution in [0.1, 0.15) is 65.6 Å². The van der Waals surface area contributed by atoms with Crippen LogP contribution < -0.4 is 10.1 Å². The maximum atomic E-state index is 13.6. The molecular weight excluding hydrogens is 560 g/mol. The van der Waals surface area contributed by atoms with Gasteiger partial charge in [-0.3, -0.25) is 29.4 Å². The maximum absolute atomic E-state index is 13.6. The first-order chi connectivity index (χ1) is 21.3. The van der Waals surface area contributed by atoms with Gasteiger partial charge in [-0.15, -0.1) is 0 Å². The summed E-state index contributed by atoms with van der Waals surface area (Å²) in [6, 6.07) is 16.2. The van der Waals surface area contributed by atoms with E-state index in [-0.39, 0.29) is 36.7 Å². The van der Waals surface area contributed by atoms with E-state index in [0.29, 0.717) is 62.4 Å². The molecule has 2 unspecified atom stereocenters. The zero-order chi connectivity index (χ0) is 30.8. The molecule has 226 valence electrons. The van der Waals surface area contributed by atoms with Gasteiger partial charge in [-0.05, 0) is 68.5 Å². The number of rotatable bonds is 7. The molecule has 4 heterocycles. The monoisotopic (exact) mass is 594 g/mol. The minimum Gasteiger partial charge on any atom is -0.492 e. The molecule has 3 saturated heterocycles. The summed E-state index contributed by atoms with van der Waals surface area (Å²) in [5.74, 6) is -0.349. The second kappa shape index (κ2) is 12.1. The number of nitrogens with zero attached hydrogens (tertiary/aromatic N) is 5. The summed E-state index contributed by atoms with van der Waals surface area (Å²) in [5, 5.41) is 21.5. The van der Waals surface area contributed by atoms with Gasteiger partial charge in [0.05, 0.1) is 35.7 Å². The van der Waals surface area contributed by atoms with Crippen molar-refractivity contribution in [3.05, 3.63) is 64.7 Å². The van der Waals surface area contributed by atoms with Gasteiger partial charge >= 0.3 is 0 Å². The molecule has 11 heteroatoms. The Morgan fingerprint density at radius 3 is 2.50 bits per heavy atom. The molecule has 6 rings (SSSR count). The van der Waals surface area contributed by atoms with Crippen LogP contribution in [0.25, 0.3) is 0 Å². The van der Waals surface area contributed by atoms with E-state index in [1.165, 1.54) is 4.90 Å². The van der Waals surface area contributed by atoms with Crippen molar-refractivity contribution < 1.29 is 23.9 Å². The SMILES string of the molecule is N#Cc1ccc(C2(C#N)CCN(C(=O)C3CCCN3CCOc3cccc4c3CN(C3CCC(=O)NC3=O)C4=O)CC2)cc1. The number of piperidine rings is 2. The fourth-order valence-corrected chi connectivity index (χ4v) is 6.99. The fourth-order valence-electron chi connectivity index (χ4n) is 6.99. The molecule has 4 amide bonds. The molecule has 2 atom stereocenters. The quantitative estimate of drug-likeness (QED) is 0.480. The van der Waals surface area contributed by atoms with Gasteiger partial charge in [-0.1, -0.05) is 18.2 Å². The van der Waals surface area contributed by atoms with Crippen LogP contribution in [0.5, 0.6) is 5.75 Å². The van der Waals surface area contributed by atoms with Crippen LogP contribution in [0.3, 0.4) is 0 Å². The Kier molecular flexibility index (Phi) is 8.07. The fraction of sp³-hybridized carbons (Fsp3) is 0.455. The molecule has 1 N–H and O–H groups in total. The highest BCUT2D eigenvalue weighted by Gasteiger charge is 2.42. The number of carbonyl (C=O) groups excluding carboxylic acids is 4. The van der Waals surface area contributed by atoms with Crippen molar-refractivity contribution in [3.63, 3.8) is 0 Å². The Morgan fingerprint density at radius 2 is 1.80 bits per heavy atom. The lowest BCUT2D eigenvalue weighted by Crippen LogP contribution is -2.52. The first kappa shape index (κ1) is 29.3. The van der Waals surface area contributed by atoms with Crippen LogP contribution in [-0.2, 0) is 26.3 Å². The van der Waals surface area contributed by atoms with E-state index in [1.807, 2.05) is 23.1 Å². The average molecular weight is 595 g/mol. The highest BCUT2D eigenvalue weighted by Crippen LogP contribution is 2.36. The predicted molar refractivity (Wildman–Crippen MR) is 157 cm³/mol. The summed E-state index contributed by atoms with van der Waals surface area (Å²) in [6.45, 7) is 2.91. The van der Waals surface area contributed by atoms with E-state index >= 15 is 0 Å². The molecule has 11 nitrogen and oxygen atoms in total. The number of nitriles is 2. The average Bonchev–Trinajstić information content (AvgIpc) is 3.65. The molecule has 44 heavy (non-hydrogen) atoms. The number of imide groups is 1. The molecular formula is C33H34N6O5. The van der Waals surface area contributed by atoms with Gasteiger partial charge in [-0.2, -0.15) is 10.5 Å². The van der Waals surface area contributed by atoms with E-state index in [1.54, 1.807) is 24.3 Å². The van der Waals surface area contributed by atoms with Crippen molar-refractivity contribution in [2.24, 2.45) is 0 Å². The number of ether oxygens (including phenoxy) is 1. The zero-order valence-electron chi connectivity index (χ0n) is 24.5. The van der Waals surface area contributed by atoms with Crippen LogP contribution in [0.4, 0.5) is 0 Å². The summed E-state index contributed by atoms with van der Waals surface area (Å²) in [7, 11) is 0. The van der Waals surface area contributed by atoms with Gasteiger partial charge in [0.15, 0.2) is 0 Å². The van der Waals surface area contributed by atoms with Gasteiger partial charge in [0.25, 0.3) is 5.91 Å². The Labute approximate surface area is 256 Å². The van der Waals surface area contributed by atoms with Crippen molar-refractivity contribution in [1.82, 2.24) is 20.0 Å². The molecule has 0 spiro atoms. The lowest BCUT2D eigenvalue weighted by molar-refractivity contribution is -0.138. The molecule has 0 aromatic heterocycles. The van der Waals surface area contributed by atoms with E-state index < -0.39 is 17.4 Å². The Morgan fingerprint density at radius 1 is 1.02 bits per heavy atom. The first-order valence-electron chi connectivity index (χ1n) is 15.2. The lowest BCUT2D eigenvalue weighted by Gasteiger charge is -2.39. The van der Waals surface area contributed by atoms with Crippen LogP contribution in [0.15, 0.2) is 42.5 Å². The molecule has 0 saturated carbocycles. The molecule has 2 aromatic carbocycles. The van der Waals surface area contributed by atoms with Crippen molar-refractivity contribution in [2.75, 3.05) is 32.8 Å². The molecule has 2 aromatic rings. The second-order valence-electron chi connectivity index (χ2n) is 11.9. The zero-order valence-corrected chi connectivity index (χ0v) is 24.5. The van der Waals surface area contributed by atoms with Crippen molar-refractivity contribution in [3.8, 4) is 17.9 Å². The van der Waals surface area contributed by atoms with Gasteiger partial charge in [-0.25, -0.2) is 0 Å². The van der Waals surface area contributed by atoms with E-state index in [4.69, 9.17) is 10.00 Å². The van der Waals surface area contributed by atoms with Crippen molar-refractivity contribution in [1.29, 1.82) is 10.5 Å². The predicted octanol–water partition coefficient (Wildman–Crippen LogP) is 2.25. The van der Waals surface area contributed by atoms with Crippen LogP contribution >= 0.6 is 0 Å². The molecule has 0 aliphatic carbocycles. The normalized spacial score (nSPS) is 23.1. The smallest absolute Gasteiger partial charge is 0.255 e. The molecule has 0 radical (unpaired) electrons. The van der Waals surface area contributed by atoms with E-state index in [9.17, 15) is 24.4 Å². The third-order valence-corrected chi connectivity index (χ3v) is 9.53. The largest absolute Gasteiger partial charge is 0.492 e. The summed E-state index contributed by atoms with van der Waals surface area (Å²) < 4.78 is 6.16. The number of benzene rings is 2. The van der Waals surface area contributed by atoms with Gasteiger partial charge in [0, 0.05) is 37.2 Å². The van der Waals surface area contributed by atoms with Gasteiger partial charge < -0.3 is 14.5 Å². The highest BCUT2D eigenvalue weighted by atomic mass is 16.5. The Hall–Kier alpha value is -4.74. The number of likely N-dealkylation sites (tertiary alicyclic amines) is 2. The number of nitrogens with one attached hydrogen (secondary N) is 1. The number of hydrogen-bond acceptors (Lipinski definition) is 8. The Balaban J connectivity index is 1.04. The van der Waals surface area contributed by atoms with Gasteiger partial charge in [0.1, 0.15) is 18.4 Å². The highest BCUT2D eigenvalue weighted by molar-refractivity contribution is 6.05. The standard InChI is InChI=1S/C33H34N6O5/c34-19-22-6-8-23(9-7-22)33(21-35)12-15-38(16-13-33)32(43)27-4-2-14-37(27)17-18-44-28-5-1-3-24-25(28)20-39(31(24)42)26-10-11-29(40)36-30(26)41/h1,3,5-9,26-27H,2,4,10-18,20H2,(H,36,40,41). The molecule has 0 bridgehead atoms. The van der Waals surface area contributed by atoms with Crippen molar-refractivity contribution >= 4 is 23.6 Å². The number of hydrogen-bond donors (Lipinski definition) is 1. The summed E-state index contributed by atoms with van der Waals surface area (Å²) in [5.41, 5.74) is 2.01. The summed E-state index contributed by atoms with van der Waals surface area (Å²) in [6.07, 6.45) is 3.27. The Bertz CT molecular complexity index is 1570. The van der Waals surface area contributed by atoms with Crippen LogP contribution in [0, 0.1) is 22.7 Å². The first-order valence-corrected chi connectivity index (χ1v) is 15.2. The molecule has 4 aliphatic heterocycles. The maximum Gasteiger partial charge on any atom is 0.255 e. The van der Waals surface area contributed by atoms with Crippen molar-refractivity contribution in [2.45, 2.75) is 62.6 Å². The van der Waals surface area contributed by atoms with Crippen LogP contribution in [0.2, 0.25) is 0 Å². The number of carbonyl (C=O) groups is 4.